The standard InChI is InChI=1S/C12H12N4O3S/c1-8-4-13-11-10(5-14-16(11)6-8)12(17)15-9-2-3-20(18,19)7-9/h2-6,9H,7H2,1H3,(H,15,17)/t9-/m1/s1. The number of hydrogen-bond acceptors (Lipinski definition) is 5. The number of carbonyl (C=O) groups excluding carboxylic acids is 1. The summed E-state index contributed by atoms with van der Waals surface area (Å²) >= 11 is 0. The van der Waals surface area contributed by atoms with Crippen LogP contribution in [0.25, 0.3) is 5.65 Å². The maximum absolute atomic E-state index is 12.1. The molecule has 0 spiro atoms. The molecule has 0 aromatic carbocycles. The summed E-state index contributed by atoms with van der Waals surface area (Å²) in [6, 6.07) is -0.507. The summed E-state index contributed by atoms with van der Waals surface area (Å²) in [5.74, 6) is -0.493. The Bertz CT molecular complexity index is 822. The van der Waals surface area contributed by atoms with E-state index in [1.165, 1.54) is 16.8 Å². The smallest absolute Gasteiger partial charge is 0.257 e. The second-order valence-corrected chi connectivity index (χ2v) is 6.63. The Morgan fingerprint density at radius 3 is 2.95 bits per heavy atom. The van der Waals surface area contributed by atoms with Crippen LogP contribution in [0.3, 0.4) is 0 Å². The van der Waals surface area contributed by atoms with Crippen molar-refractivity contribution in [2.75, 3.05) is 5.75 Å². The van der Waals surface area contributed by atoms with Gasteiger partial charge in [0.25, 0.3) is 5.91 Å². The number of aromatic nitrogens is 3. The van der Waals surface area contributed by atoms with Gasteiger partial charge in [0, 0.05) is 17.8 Å². The van der Waals surface area contributed by atoms with Crippen LogP contribution in [0.15, 0.2) is 30.1 Å². The molecular formula is C12H12N4O3S. The zero-order valence-electron chi connectivity index (χ0n) is 10.6. The fraction of sp³-hybridized carbons (Fsp3) is 0.250. The zero-order chi connectivity index (χ0) is 14.3. The van der Waals surface area contributed by atoms with Gasteiger partial charge in [-0.25, -0.2) is 17.9 Å². The lowest BCUT2D eigenvalue weighted by Crippen LogP contribution is -2.35. The summed E-state index contributed by atoms with van der Waals surface area (Å²) in [4.78, 5) is 16.3. The lowest BCUT2D eigenvalue weighted by molar-refractivity contribution is 0.0949. The molecular weight excluding hydrogens is 280 g/mol. The van der Waals surface area contributed by atoms with E-state index < -0.39 is 15.9 Å². The quantitative estimate of drug-likeness (QED) is 0.846. The van der Waals surface area contributed by atoms with Gasteiger partial charge in [-0.1, -0.05) is 0 Å². The zero-order valence-corrected chi connectivity index (χ0v) is 11.5. The van der Waals surface area contributed by atoms with E-state index in [0.29, 0.717) is 11.2 Å². The Balaban J connectivity index is 1.85. The van der Waals surface area contributed by atoms with Crippen LogP contribution in [-0.2, 0) is 9.84 Å². The highest BCUT2D eigenvalue weighted by Gasteiger charge is 2.24. The summed E-state index contributed by atoms with van der Waals surface area (Å²) < 4.78 is 24.1. The molecule has 1 amide bonds. The number of hydrogen-bond donors (Lipinski definition) is 1. The van der Waals surface area contributed by atoms with Gasteiger partial charge in [0.1, 0.15) is 5.56 Å². The lowest BCUT2D eigenvalue weighted by Gasteiger charge is -2.08. The molecule has 0 bridgehead atoms. The molecule has 0 fully saturated rings. The van der Waals surface area contributed by atoms with Crippen molar-refractivity contribution in [2.24, 2.45) is 0 Å². The van der Waals surface area contributed by atoms with Crippen molar-refractivity contribution in [3.8, 4) is 0 Å². The number of rotatable bonds is 2. The predicted octanol–water partition coefficient (Wildman–Crippen LogP) is 0.0782. The minimum Gasteiger partial charge on any atom is -0.345 e. The maximum Gasteiger partial charge on any atom is 0.257 e. The Hall–Kier alpha value is -2.22. The first-order valence-corrected chi connectivity index (χ1v) is 7.68. The summed E-state index contributed by atoms with van der Waals surface area (Å²) in [6.45, 7) is 1.88. The number of aryl methyl sites for hydroxylation is 1. The third-order valence-corrected chi connectivity index (χ3v) is 4.37. The van der Waals surface area contributed by atoms with E-state index >= 15 is 0 Å². The van der Waals surface area contributed by atoms with Gasteiger partial charge in [0.05, 0.1) is 18.0 Å². The van der Waals surface area contributed by atoms with E-state index in [4.69, 9.17) is 0 Å². The minimum absolute atomic E-state index is 0.107. The van der Waals surface area contributed by atoms with Gasteiger partial charge < -0.3 is 5.32 Å². The molecule has 2 aromatic heterocycles. The molecule has 1 aliphatic heterocycles. The van der Waals surface area contributed by atoms with Crippen molar-refractivity contribution in [2.45, 2.75) is 13.0 Å². The van der Waals surface area contributed by atoms with Gasteiger partial charge in [-0.3, -0.25) is 4.79 Å². The maximum atomic E-state index is 12.1. The Kier molecular flexibility index (Phi) is 2.82. The normalized spacial score (nSPS) is 20.4. The van der Waals surface area contributed by atoms with Crippen LogP contribution >= 0.6 is 0 Å². The highest BCUT2D eigenvalue weighted by molar-refractivity contribution is 7.94. The molecule has 0 unspecified atom stereocenters. The highest BCUT2D eigenvalue weighted by Crippen LogP contribution is 2.12. The van der Waals surface area contributed by atoms with Crippen molar-refractivity contribution < 1.29 is 13.2 Å². The third-order valence-electron chi connectivity index (χ3n) is 2.98. The van der Waals surface area contributed by atoms with Gasteiger partial charge in [0.15, 0.2) is 15.5 Å². The molecule has 0 saturated heterocycles. The number of nitrogens with zero attached hydrogens (tertiary/aromatic N) is 3. The van der Waals surface area contributed by atoms with Gasteiger partial charge >= 0.3 is 0 Å². The number of sulfone groups is 1. The molecule has 3 heterocycles. The molecule has 3 rings (SSSR count). The number of fused-ring (bicyclic) bond motifs is 1. The monoisotopic (exact) mass is 292 g/mol. The number of amides is 1. The van der Waals surface area contributed by atoms with E-state index in [9.17, 15) is 13.2 Å². The molecule has 20 heavy (non-hydrogen) atoms. The van der Waals surface area contributed by atoms with E-state index in [1.807, 2.05) is 6.92 Å². The molecule has 7 nitrogen and oxygen atoms in total. The van der Waals surface area contributed by atoms with E-state index in [0.717, 1.165) is 11.0 Å². The second-order valence-electron chi connectivity index (χ2n) is 4.70. The van der Waals surface area contributed by atoms with Crippen LogP contribution in [0, 0.1) is 6.92 Å². The van der Waals surface area contributed by atoms with Crippen molar-refractivity contribution in [3.63, 3.8) is 0 Å². The second kappa shape index (κ2) is 4.41. The molecule has 1 N–H and O–H groups in total. The van der Waals surface area contributed by atoms with Crippen molar-refractivity contribution in [3.05, 3.63) is 41.2 Å². The van der Waals surface area contributed by atoms with Crippen molar-refractivity contribution in [1.82, 2.24) is 19.9 Å². The molecule has 8 heteroatoms. The molecule has 2 aromatic rings. The van der Waals surface area contributed by atoms with E-state index in [2.05, 4.69) is 15.4 Å². The predicted molar refractivity (Wildman–Crippen MR) is 71.9 cm³/mol. The SMILES string of the molecule is Cc1cnc2c(C(=O)N[C@@H]3C=CS(=O)(=O)C3)cnn2c1. The van der Waals surface area contributed by atoms with Crippen molar-refractivity contribution >= 4 is 21.4 Å². The lowest BCUT2D eigenvalue weighted by atomic mass is 10.2. The third kappa shape index (κ3) is 2.29. The van der Waals surface area contributed by atoms with Gasteiger partial charge in [-0.2, -0.15) is 5.10 Å². The molecule has 0 saturated carbocycles. The topological polar surface area (TPSA) is 93.4 Å². The first-order chi connectivity index (χ1) is 9.44. The van der Waals surface area contributed by atoms with Crippen molar-refractivity contribution in [1.29, 1.82) is 0 Å². The van der Waals surface area contributed by atoms with Crippen LogP contribution < -0.4 is 5.32 Å². The Morgan fingerprint density at radius 2 is 2.25 bits per heavy atom. The fourth-order valence-corrected chi connectivity index (χ4v) is 3.28. The average molecular weight is 292 g/mol. The summed E-state index contributed by atoms with van der Waals surface area (Å²) in [7, 11) is -3.19. The van der Waals surface area contributed by atoms with Gasteiger partial charge in [0.2, 0.25) is 0 Å². The minimum atomic E-state index is -3.19. The number of carbonyl (C=O) groups is 1. The first kappa shape index (κ1) is 12.8. The fourth-order valence-electron chi connectivity index (χ4n) is 2.04. The Morgan fingerprint density at radius 1 is 1.45 bits per heavy atom. The van der Waals surface area contributed by atoms with E-state index in [-0.39, 0.29) is 11.7 Å². The summed E-state index contributed by atoms with van der Waals surface area (Å²) in [6.07, 6.45) is 6.30. The first-order valence-electron chi connectivity index (χ1n) is 5.96. The average Bonchev–Trinajstić information content (AvgIpc) is 2.92. The summed E-state index contributed by atoms with van der Waals surface area (Å²) in [5, 5.41) is 7.83. The van der Waals surface area contributed by atoms with Crippen LogP contribution in [0.1, 0.15) is 15.9 Å². The molecule has 0 aliphatic carbocycles. The van der Waals surface area contributed by atoms with Crippen LogP contribution in [0.5, 0.6) is 0 Å². The molecule has 0 radical (unpaired) electrons. The van der Waals surface area contributed by atoms with Crippen LogP contribution in [-0.4, -0.2) is 40.7 Å². The van der Waals surface area contributed by atoms with Crippen LogP contribution in [0.4, 0.5) is 0 Å². The van der Waals surface area contributed by atoms with Crippen LogP contribution in [0.2, 0.25) is 0 Å². The summed E-state index contributed by atoms with van der Waals surface area (Å²) in [5.41, 5.74) is 1.69. The molecule has 1 aliphatic rings. The van der Waals surface area contributed by atoms with E-state index in [1.54, 1.807) is 12.4 Å². The van der Waals surface area contributed by atoms with Gasteiger partial charge in [-0.05, 0) is 18.6 Å². The molecule has 1 atom stereocenters. The Labute approximate surface area is 115 Å². The molecule has 104 valence electrons. The highest BCUT2D eigenvalue weighted by atomic mass is 32.2. The largest absolute Gasteiger partial charge is 0.345 e. The van der Waals surface area contributed by atoms with Gasteiger partial charge in [-0.15, -0.1) is 0 Å². The number of nitrogens with one attached hydrogen (secondary N) is 1.